The molecule has 1 aromatic heterocycles. The van der Waals surface area contributed by atoms with Crippen LogP contribution in [0, 0.1) is 10.1 Å². The van der Waals surface area contributed by atoms with Gasteiger partial charge in [0.25, 0.3) is 5.56 Å². The number of carbonyl (C=O) groups is 1. The molecular formula is C26H26BrClN4O6. The number of nitrogens with zero attached hydrogens (tertiary/aromatic N) is 4. The summed E-state index contributed by atoms with van der Waals surface area (Å²) in [4.78, 5) is 41.4. The zero-order valence-corrected chi connectivity index (χ0v) is 23.2. The van der Waals surface area contributed by atoms with E-state index in [0.717, 1.165) is 36.6 Å². The van der Waals surface area contributed by atoms with Gasteiger partial charge >= 0.3 is 11.7 Å². The summed E-state index contributed by atoms with van der Waals surface area (Å²) in [6, 6.07) is 7.96. The Labute approximate surface area is 231 Å². The highest BCUT2D eigenvalue weighted by atomic mass is 79.9. The molecule has 38 heavy (non-hydrogen) atoms. The zero-order chi connectivity index (χ0) is 27.4. The van der Waals surface area contributed by atoms with Crippen LogP contribution in [-0.2, 0) is 9.53 Å². The molecule has 1 aliphatic carbocycles. The van der Waals surface area contributed by atoms with E-state index >= 15 is 0 Å². The predicted molar refractivity (Wildman–Crippen MR) is 147 cm³/mol. The summed E-state index contributed by atoms with van der Waals surface area (Å²) >= 11 is 9.74. The Bertz CT molecular complexity index is 1470. The van der Waals surface area contributed by atoms with Gasteiger partial charge in [-0.05, 0) is 51.0 Å². The van der Waals surface area contributed by atoms with Crippen LogP contribution in [-0.4, -0.2) is 39.5 Å². The Balaban J connectivity index is 1.76. The third kappa shape index (κ3) is 6.05. The molecule has 0 N–H and O–H groups in total. The van der Waals surface area contributed by atoms with E-state index in [4.69, 9.17) is 26.1 Å². The fraction of sp³-hybridized carbons (Fsp3) is 0.385. The minimum Gasteiger partial charge on any atom is -0.471 e. The molecule has 0 unspecified atom stereocenters. The highest BCUT2D eigenvalue weighted by Gasteiger charge is 2.26. The van der Waals surface area contributed by atoms with Crippen molar-refractivity contribution >= 4 is 56.3 Å². The standard InChI is InChI=1S/C26H26BrClN4O6/c1-3-37-26(34)15(2)38-23-20(28)11-16(12-22(23)32(35)36)14-29-31-24(17-7-5-4-6-8-17)30-21-10-9-18(27)13-19(21)25(31)33/h9-15,17H,3-8H2,1-2H3/t15-/m1/s1. The first-order valence-corrected chi connectivity index (χ1v) is 13.4. The van der Waals surface area contributed by atoms with Gasteiger partial charge in [0.2, 0.25) is 5.75 Å². The highest BCUT2D eigenvalue weighted by molar-refractivity contribution is 9.10. The van der Waals surface area contributed by atoms with Crippen LogP contribution in [0.5, 0.6) is 5.75 Å². The van der Waals surface area contributed by atoms with Gasteiger partial charge in [0.15, 0.2) is 6.10 Å². The van der Waals surface area contributed by atoms with Crippen molar-refractivity contribution in [1.29, 1.82) is 0 Å². The maximum Gasteiger partial charge on any atom is 0.347 e. The van der Waals surface area contributed by atoms with Gasteiger partial charge in [-0.25, -0.2) is 9.78 Å². The van der Waals surface area contributed by atoms with E-state index in [1.165, 1.54) is 29.9 Å². The molecule has 2 aromatic carbocycles. The number of halogens is 2. The van der Waals surface area contributed by atoms with Gasteiger partial charge in [0.1, 0.15) is 5.82 Å². The lowest BCUT2D eigenvalue weighted by atomic mass is 9.88. The Hall–Kier alpha value is -3.31. The van der Waals surface area contributed by atoms with Crippen LogP contribution in [0.3, 0.4) is 0 Å². The Morgan fingerprint density at radius 1 is 1.32 bits per heavy atom. The molecule has 0 spiro atoms. The molecule has 3 aromatic rings. The van der Waals surface area contributed by atoms with Crippen molar-refractivity contribution in [2.24, 2.45) is 5.10 Å². The van der Waals surface area contributed by atoms with Gasteiger partial charge in [-0.2, -0.15) is 9.78 Å². The topological polar surface area (TPSA) is 126 Å². The molecule has 1 saturated carbocycles. The Morgan fingerprint density at radius 2 is 2.05 bits per heavy atom. The molecule has 12 heteroatoms. The second-order valence-corrected chi connectivity index (χ2v) is 10.3. The van der Waals surface area contributed by atoms with Crippen molar-refractivity contribution in [2.45, 2.75) is 58.0 Å². The summed E-state index contributed by atoms with van der Waals surface area (Å²) in [5.41, 5.74) is 0.0715. The van der Waals surface area contributed by atoms with Crippen LogP contribution >= 0.6 is 27.5 Å². The van der Waals surface area contributed by atoms with Crippen LogP contribution in [0.1, 0.15) is 63.3 Å². The minimum atomic E-state index is -1.11. The number of aromatic nitrogens is 2. The summed E-state index contributed by atoms with van der Waals surface area (Å²) < 4.78 is 12.4. The smallest absolute Gasteiger partial charge is 0.347 e. The molecular weight excluding hydrogens is 580 g/mol. The first kappa shape index (κ1) is 27.7. The van der Waals surface area contributed by atoms with Crippen LogP contribution < -0.4 is 10.3 Å². The van der Waals surface area contributed by atoms with E-state index < -0.39 is 22.7 Å². The predicted octanol–water partition coefficient (Wildman–Crippen LogP) is 5.98. The molecule has 1 fully saturated rings. The second-order valence-electron chi connectivity index (χ2n) is 8.95. The average molecular weight is 606 g/mol. The van der Waals surface area contributed by atoms with Crippen molar-refractivity contribution in [2.75, 3.05) is 6.61 Å². The van der Waals surface area contributed by atoms with Crippen LogP contribution in [0.25, 0.3) is 10.9 Å². The monoisotopic (exact) mass is 604 g/mol. The molecule has 0 amide bonds. The quantitative estimate of drug-likeness (QED) is 0.134. The lowest BCUT2D eigenvalue weighted by Crippen LogP contribution is -2.26. The zero-order valence-electron chi connectivity index (χ0n) is 20.9. The number of esters is 1. The van der Waals surface area contributed by atoms with Crippen molar-refractivity contribution in [3.05, 3.63) is 71.7 Å². The average Bonchev–Trinajstić information content (AvgIpc) is 2.90. The lowest BCUT2D eigenvalue weighted by molar-refractivity contribution is -0.386. The third-order valence-electron chi connectivity index (χ3n) is 6.28. The number of nitro benzene ring substituents is 1. The summed E-state index contributed by atoms with van der Waals surface area (Å²) in [7, 11) is 0. The molecule has 4 rings (SSSR count). The maximum absolute atomic E-state index is 13.5. The van der Waals surface area contributed by atoms with E-state index in [0.29, 0.717) is 16.7 Å². The first-order valence-electron chi connectivity index (χ1n) is 12.3. The number of ether oxygens (including phenoxy) is 2. The summed E-state index contributed by atoms with van der Waals surface area (Å²) in [5, 5.41) is 16.5. The first-order chi connectivity index (χ1) is 18.2. The fourth-order valence-electron chi connectivity index (χ4n) is 4.44. The number of fused-ring (bicyclic) bond motifs is 1. The van der Waals surface area contributed by atoms with E-state index in [1.54, 1.807) is 19.1 Å². The van der Waals surface area contributed by atoms with E-state index in [-0.39, 0.29) is 34.4 Å². The molecule has 0 radical (unpaired) electrons. The van der Waals surface area contributed by atoms with Crippen molar-refractivity contribution in [1.82, 2.24) is 9.66 Å². The van der Waals surface area contributed by atoms with Crippen LogP contribution in [0.15, 0.2) is 44.7 Å². The van der Waals surface area contributed by atoms with Crippen molar-refractivity contribution in [3.8, 4) is 5.75 Å². The van der Waals surface area contributed by atoms with E-state index in [2.05, 4.69) is 21.0 Å². The van der Waals surface area contributed by atoms with Crippen molar-refractivity contribution in [3.63, 3.8) is 0 Å². The van der Waals surface area contributed by atoms with Gasteiger partial charge in [-0.3, -0.25) is 14.9 Å². The normalized spacial score (nSPS) is 15.1. The minimum absolute atomic E-state index is 0.0692. The molecule has 1 aliphatic rings. The van der Waals surface area contributed by atoms with Gasteiger partial charge in [-0.15, -0.1) is 0 Å². The molecule has 10 nitrogen and oxygen atoms in total. The van der Waals surface area contributed by atoms with Crippen molar-refractivity contribution < 1.29 is 19.2 Å². The molecule has 1 atom stereocenters. The Kier molecular flexibility index (Phi) is 8.78. The fourth-order valence-corrected chi connectivity index (χ4v) is 5.07. The number of hydrogen-bond donors (Lipinski definition) is 0. The number of benzene rings is 2. The largest absolute Gasteiger partial charge is 0.471 e. The van der Waals surface area contributed by atoms with Gasteiger partial charge in [0.05, 0.1) is 33.7 Å². The van der Waals surface area contributed by atoms with E-state index in [1.807, 2.05) is 6.07 Å². The maximum atomic E-state index is 13.5. The molecule has 1 heterocycles. The van der Waals surface area contributed by atoms with Crippen LogP contribution in [0.4, 0.5) is 5.69 Å². The lowest BCUT2D eigenvalue weighted by Gasteiger charge is -2.22. The number of rotatable bonds is 8. The summed E-state index contributed by atoms with van der Waals surface area (Å²) in [5.74, 6) is -0.301. The SMILES string of the molecule is CCOC(=O)[C@@H](C)Oc1c(Cl)cc(C=Nn2c(C3CCCCC3)nc3ccc(Br)cc3c2=O)cc1[N+](=O)[O-]. The van der Waals surface area contributed by atoms with E-state index in [9.17, 15) is 19.7 Å². The molecule has 0 bridgehead atoms. The van der Waals surface area contributed by atoms with Gasteiger partial charge < -0.3 is 9.47 Å². The highest BCUT2D eigenvalue weighted by Crippen LogP contribution is 2.37. The third-order valence-corrected chi connectivity index (χ3v) is 7.06. The molecule has 200 valence electrons. The number of hydrogen-bond acceptors (Lipinski definition) is 8. The van der Waals surface area contributed by atoms with Crippen LogP contribution in [0.2, 0.25) is 5.02 Å². The molecule has 0 aliphatic heterocycles. The summed E-state index contributed by atoms with van der Waals surface area (Å²) in [6.45, 7) is 3.20. The molecule has 0 saturated heterocycles. The Morgan fingerprint density at radius 3 is 2.74 bits per heavy atom. The van der Waals surface area contributed by atoms with Gasteiger partial charge in [-0.1, -0.05) is 46.8 Å². The number of nitro groups is 1. The second kappa shape index (κ2) is 12.0. The van der Waals surface area contributed by atoms with Gasteiger partial charge in [0, 0.05) is 22.0 Å². The summed E-state index contributed by atoms with van der Waals surface area (Å²) in [6.07, 6.45) is 5.22. The number of carbonyl (C=O) groups excluding carboxylic acids is 1.